The molecule has 4 nitrogen and oxygen atoms in total. The lowest BCUT2D eigenvalue weighted by Gasteiger charge is -2.39. The Morgan fingerprint density at radius 1 is 1.14 bits per heavy atom. The highest BCUT2D eigenvalue weighted by Gasteiger charge is 2.25. The van der Waals surface area contributed by atoms with Crippen LogP contribution in [-0.2, 0) is 6.42 Å². The Morgan fingerprint density at radius 2 is 1.90 bits per heavy atom. The summed E-state index contributed by atoms with van der Waals surface area (Å²) in [5.41, 5.74) is 10.4. The summed E-state index contributed by atoms with van der Waals surface area (Å²) in [5, 5.41) is 0. The summed E-state index contributed by atoms with van der Waals surface area (Å²) >= 11 is 0. The molecule has 2 aliphatic rings. The van der Waals surface area contributed by atoms with Crippen LogP contribution in [0.5, 0.6) is 0 Å². The summed E-state index contributed by atoms with van der Waals surface area (Å²) in [5.74, 6) is 0. The van der Waals surface area contributed by atoms with Crippen LogP contribution < -0.4 is 10.6 Å². The van der Waals surface area contributed by atoms with Gasteiger partial charge in [0.2, 0.25) is 0 Å². The number of likely N-dealkylation sites (N-methyl/N-ethyl adjacent to an activating group) is 2. The lowest BCUT2D eigenvalue weighted by molar-refractivity contribution is 0.102. The van der Waals surface area contributed by atoms with E-state index in [1.807, 2.05) is 0 Å². The van der Waals surface area contributed by atoms with E-state index in [-0.39, 0.29) is 0 Å². The second-order valence-corrected chi connectivity index (χ2v) is 6.28. The summed E-state index contributed by atoms with van der Waals surface area (Å²) in [6, 6.07) is 7.33. The molecule has 1 aromatic rings. The van der Waals surface area contributed by atoms with Gasteiger partial charge < -0.3 is 15.5 Å². The van der Waals surface area contributed by atoms with Crippen molar-refractivity contribution in [3.63, 3.8) is 0 Å². The Balaban J connectivity index is 1.75. The fourth-order valence-electron chi connectivity index (χ4n) is 3.68. The minimum Gasteiger partial charge on any atom is -0.374 e. The fraction of sp³-hybridized carbons (Fsp3) is 0.647. The van der Waals surface area contributed by atoms with Gasteiger partial charge in [0.15, 0.2) is 0 Å². The molecule has 0 saturated carbocycles. The third-order valence-electron chi connectivity index (χ3n) is 5.13. The third kappa shape index (κ3) is 2.93. The standard InChI is InChI=1S/C17H28N4/c1-3-20-8-10-21(11-9-20)17(13-18)14-4-5-16-15(12-14)6-7-19(16)2/h4-5,12,17H,3,6-11,13,18H2,1-2H3. The largest absolute Gasteiger partial charge is 0.374 e. The van der Waals surface area contributed by atoms with Crippen LogP contribution in [0.4, 0.5) is 5.69 Å². The number of fused-ring (bicyclic) bond motifs is 1. The Labute approximate surface area is 128 Å². The molecule has 4 heteroatoms. The molecule has 1 saturated heterocycles. The summed E-state index contributed by atoms with van der Waals surface area (Å²) in [6.07, 6.45) is 1.17. The van der Waals surface area contributed by atoms with Crippen molar-refractivity contribution in [3.8, 4) is 0 Å². The number of benzene rings is 1. The van der Waals surface area contributed by atoms with Gasteiger partial charge in [-0.15, -0.1) is 0 Å². The predicted octanol–water partition coefficient (Wildman–Crippen LogP) is 1.32. The van der Waals surface area contributed by atoms with Gasteiger partial charge in [0, 0.05) is 58.0 Å². The SMILES string of the molecule is CCN1CCN(C(CN)c2ccc3c(c2)CCN3C)CC1. The topological polar surface area (TPSA) is 35.7 Å². The molecular formula is C17H28N4. The van der Waals surface area contributed by atoms with E-state index in [0.29, 0.717) is 12.6 Å². The summed E-state index contributed by atoms with van der Waals surface area (Å²) in [6.45, 7) is 9.85. The Kier molecular flexibility index (Phi) is 4.48. The molecule has 0 radical (unpaired) electrons. The van der Waals surface area contributed by atoms with Crippen LogP contribution in [0.2, 0.25) is 0 Å². The van der Waals surface area contributed by atoms with Crippen LogP contribution in [0, 0.1) is 0 Å². The van der Waals surface area contributed by atoms with Crippen LogP contribution in [0.25, 0.3) is 0 Å². The van der Waals surface area contributed by atoms with Crippen molar-refractivity contribution in [2.45, 2.75) is 19.4 Å². The highest BCUT2D eigenvalue weighted by Crippen LogP contribution is 2.31. The van der Waals surface area contributed by atoms with Gasteiger partial charge in [-0.25, -0.2) is 0 Å². The van der Waals surface area contributed by atoms with Crippen molar-refractivity contribution >= 4 is 5.69 Å². The molecule has 3 rings (SSSR count). The molecule has 21 heavy (non-hydrogen) atoms. The normalized spacial score (nSPS) is 21.6. The van der Waals surface area contributed by atoms with E-state index < -0.39 is 0 Å². The summed E-state index contributed by atoms with van der Waals surface area (Å²) in [4.78, 5) is 7.42. The Hall–Kier alpha value is -1.10. The van der Waals surface area contributed by atoms with Crippen molar-refractivity contribution in [1.29, 1.82) is 0 Å². The first-order valence-corrected chi connectivity index (χ1v) is 8.23. The van der Waals surface area contributed by atoms with Gasteiger partial charge in [0.25, 0.3) is 0 Å². The van der Waals surface area contributed by atoms with E-state index in [9.17, 15) is 0 Å². The third-order valence-corrected chi connectivity index (χ3v) is 5.13. The first kappa shape index (κ1) is 14.8. The van der Waals surface area contributed by atoms with Gasteiger partial charge in [-0.2, -0.15) is 0 Å². The number of anilines is 1. The molecule has 0 aliphatic carbocycles. The Bertz CT molecular complexity index is 480. The fourth-order valence-corrected chi connectivity index (χ4v) is 3.68. The van der Waals surface area contributed by atoms with E-state index in [0.717, 1.165) is 26.2 Å². The molecular weight excluding hydrogens is 260 g/mol. The van der Waals surface area contributed by atoms with Crippen molar-refractivity contribution in [2.75, 3.05) is 57.8 Å². The number of hydrogen-bond acceptors (Lipinski definition) is 4. The molecule has 2 heterocycles. The molecule has 0 bridgehead atoms. The molecule has 2 aliphatic heterocycles. The second kappa shape index (κ2) is 6.34. The number of nitrogens with zero attached hydrogens (tertiary/aromatic N) is 3. The van der Waals surface area contributed by atoms with Crippen molar-refractivity contribution in [2.24, 2.45) is 5.73 Å². The maximum atomic E-state index is 6.11. The van der Waals surface area contributed by atoms with E-state index in [4.69, 9.17) is 5.73 Å². The lowest BCUT2D eigenvalue weighted by atomic mass is 10.0. The van der Waals surface area contributed by atoms with Crippen LogP contribution in [0.1, 0.15) is 24.1 Å². The smallest absolute Gasteiger partial charge is 0.0471 e. The van der Waals surface area contributed by atoms with Crippen LogP contribution >= 0.6 is 0 Å². The van der Waals surface area contributed by atoms with Gasteiger partial charge >= 0.3 is 0 Å². The minimum atomic E-state index is 0.375. The lowest BCUT2D eigenvalue weighted by Crippen LogP contribution is -2.48. The molecule has 2 N–H and O–H groups in total. The number of rotatable bonds is 4. The zero-order valence-electron chi connectivity index (χ0n) is 13.4. The highest BCUT2D eigenvalue weighted by molar-refractivity contribution is 5.58. The van der Waals surface area contributed by atoms with Crippen molar-refractivity contribution < 1.29 is 0 Å². The molecule has 1 aromatic carbocycles. The first-order chi connectivity index (χ1) is 10.2. The second-order valence-electron chi connectivity index (χ2n) is 6.28. The minimum absolute atomic E-state index is 0.375. The molecule has 1 atom stereocenters. The average molecular weight is 288 g/mol. The van der Waals surface area contributed by atoms with Gasteiger partial charge in [-0.3, -0.25) is 4.90 Å². The molecule has 1 fully saturated rings. The average Bonchev–Trinajstić information content (AvgIpc) is 2.90. The monoisotopic (exact) mass is 288 g/mol. The maximum Gasteiger partial charge on any atom is 0.0471 e. The quantitative estimate of drug-likeness (QED) is 0.906. The maximum absolute atomic E-state index is 6.11. The van der Waals surface area contributed by atoms with E-state index in [2.05, 4.69) is 46.9 Å². The summed E-state index contributed by atoms with van der Waals surface area (Å²) < 4.78 is 0. The summed E-state index contributed by atoms with van der Waals surface area (Å²) in [7, 11) is 2.18. The van der Waals surface area contributed by atoms with Crippen molar-refractivity contribution in [3.05, 3.63) is 29.3 Å². The van der Waals surface area contributed by atoms with E-state index >= 15 is 0 Å². The van der Waals surface area contributed by atoms with Crippen LogP contribution in [0.15, 0.2) is 18.2 Å². The predicted molar refractivity (Wildman–Crippen MR) is 88.9 cm³/mol. The number of piperazine rings is 1. The van der Waals surface area contributed by atoms with Gasteiger partial charge in [-0.05, 0) is 30.2 Å². The van der Waals surface area contributed by atoms with Gasteiger partial charge in [0.05, 0.1) is 0 Å². The van der Waals surface area contributed by atoms with Crippen molar-refractivity contribution in [1.82, 2.24) is 9.80 Å². The van der Waals surface area contributed by atoms with Crippen LogP contribution in [-0.4, -0.2) is 62.7 Å². The molecule has 0 spiro atoms. The Morgan fingerprint density at radius 3 is 2.57 bits per heavy atom. The zero-order chi connectivity index (χ0) is 14.8. The van der Waals surface area contributed by atoms with E-state index in [1.54, 1.807) is 0 Å². The number of hydrogen-bond donors (Lipinski definition) is 1. The van der Waals surface area contributed by atoms with Gasteiger partial charge in [-0.1, -0.05) is 19.1 Å². The van der Waals surface area contributed by atoms with Crippen LogP contribution in [0.3, 0.4) is 0 Å². The first-order valence-electron chi connectivity index (χ1n) is 8.23. The molecule has 1 unspecified atom stereocenters. The zero-order valence-corrected chi connectivity index (χ0v) is 13.4. The van der Waals surface area contributed by atoms with Gasteiger partial charge in [0.1, 0.15) is 0 Å². The highest BCUT2D eigenvalue weighted by atomic mass is 15.3. The van der Waals surface area contributed by atoms with E-state index in [1.165, 1.54) is 36.3 Å². The molecule has 116 valence electrons. The molecule has 0 aromatic heterocycles. The molecule has 0 amide bonds. The number of nitrogens with two attached hydrogens (primary N) is 1.